The van der Waals surface area contributed by atoms with E-state index in [4.69, 9.17) is 10.5 Å². The first-order valence-corrected chi connectivity index (χ1v) is 7.63. The van der Waals surface area contributed by atoms with Crippen LogP contribution in [0.5, 0.6) is 5.75 Å². The lowest BCUT2D eigenvalue weighted by Crippen LogP contribution is -2.36. The fourth-order valence-electron chi connectivity index (χ4n) is 2.57. The Morgan fingerprint density at radius 3 is 2.71 bits per heavy atom. The van der Waals surface area contributed by atoms with Crippen LogP contribution >= 0.6 is 0 Å². The monoisotopic (exact) mass is 289 g/mol. The van der Waals surface area contributed by atoms with Crippen LogP contribution in [-0.4, -0.2) is 37.0 Å². The van der Waals surface area contributed by atoms with Crippen LogP contribution < -0.4 is 15.8 Å². The molecule has 2 fully saturated rings. The summed E-state index contributed by atoms with van der Waals surface area (Å²) in [4.78, 5) is 14.6. The van der Waals surface area contributed by atoms with Crippen molar-refractivity contribution in [1.82, 2.24) is 4.90 Å². The first-order valence-electron chi connectivity index (χ1n) is 7.63. The van der Waals surface area contributed by atoms with Crippen LogP contribution in [0.4, 0.5) is 11.4 Å². The van der Waals surface area contributed by atoms with E-state index < -0.39 is 0 Å². The Morgan fingerprint density at radius 1 is 1.38 bits per heavy atom. The molecule has 1 aromatic carbocycles. The quantitative estimate of drug-likeness (QED) is 0.754. The molecule has 0 aliphatic heterocycles. The van der Waals surface area contributed by atoms with E-state index in [0.29, 0.717) is 29.7 Å². The Morgan fingerprint density at radius 2 is 2.14 bits per heavy atom. The van der Waals surface area contributed by atoms with Crippen molar-refractivity contribution in [3.8, 4) is 5.75 Å². The smallest absolute Gasteiger partial charge is 0.238 e. The number of amides is 1. The van der Waals surface area contributed by atoms with Gasteiger partial charge in [-0.25, -0.2) is 0 Å². The van der Waals surface area contributed by atoms with Crippen LogP contribution in [0.1, 0.15) is 25.7 Å². The van der Waals surface area contributed by atoms with Crippen molar-refractivity contribution in [2.45, 2.75) is 31.7 Å². The molecule has 2 aliphatic rings. The fourth-order valence-corrected chi connectivity index (χ4v) is 2.57. The van der Waals surface area contributed by atoms with E-state index in [1.54, 1.807) is 25.3 Å². The Hall–Kier alpha value is -1.75. The number of anilines is 2. The minimum absolute atomic E-state index is 0.0133. The highest BCUT2D eigenvalue weighted by Gasteiger charge is 2.34. The molecule has 0 aromatic heterocycles. The molecule has 21 heavy (non-hydrogen) atoms. The van der Waals surface area contributed by atoms with E-state index in [9.17, 15) is 4.79 Å². The minimum Gasteiger partial charge on any atom is -0.497 e. The van der Waals surface area contributed by atoms with Gasteiger partial charge in [-0.15, -0.1) is 0 Å². The third kappa shape index (κ3) is 3.88. The molecule has 1 aromatic rings. The van der Waals surface area contributed by atoms with Gasteiger partial charge in [-0.3, -0.25) is 9.69 Å². The van der Waals surface area contributed by atoms with Gasteiger partial charge in [-0.1, -0.05) is 0 Å². The molecule has 5 nitrogen and oxygen atoms in total. The maximum absolute atomic E-state index is 12.2. The Kier molecular flexibility index (Phi) is 4.01. The van der Waals surface area contributed by atoms with Crippen molar-refractivity contribution < 1.29 is 9.53 Å². The summed E-state index contributed by atoms with van der Waals surface area (Å²) in [5.41, 5.74) is 7.12. The van der Waals surface area contributed by atoms with Gasteiger partial charge >= 0.3 is 0 Å². The molecule has 0 heterocycles. The van der Waals surface area contributed by atoms with Crippen molar-refractivity contribution >= 4 is 17.3 Å². The molecule has 3 N–H and O–H groups in total. The molecular formula is C16H23N3O2. The normalized spacial score (nSPS) is 17.8. The lowest BCUT2D eigenvalue weighted by Gasteiger charge is -2.21. The van der Waals surface area contributed by atoms with Crippen molar-refractivity contribution in [3.63, 3.8) is 0 Å². The number of hydrogen-bond donors (Lipinski definition) is 2. The number of nitrogens with two attached hydrogens (primary N) is 1. The van der Waals surface area contributed by atoms with Crippen molar-refractivity contribution in [2.24, 2.45) is 5.92 Å². The largest absolute Gasteiger partial charge is 0.497 e. The maximum Gasteiger partial charge on any atom is 0.238 e. The van der Waals surface area contributed by atoms with Gasteiger partial charge in [0.1, 0.15) is 5.75 Å². The van der Waals surface area contributed by atoms with E-state index in [-0.39, 0.29) is 5.91 Å². The summed E-state index contributed by atoms with van der Waals surface area (Å²) in [5, 5.41) is 2.91. The molecule has 2 saturated carbocycles. The molecule has 1 amide bonds. The topological polar surface area (TPSA) is 67.6 Å². The van der Waals surface area contributed by atoms with Crippen LogP contribution in [0.3, 0.4) is 0 Å². The SMILES string of the molecule is COc1ccc(NC(=O)CN(CC2CC2)C2CC2)c(N)c1. The average molecular weight is 289 g/mol. The molecule has 0 atom stereocenters. The number of nitrogen functional groups attached to an aromatic ring is 1. The summed E-state index contributed by atoms with van der Waals surface area (Å²) < 4.78 is 5.11. The van der Waals surface area contributed by atoms with Gasteiger partial charge in [0.05, 0.1) is 25.0 Å². The van der Waals surface area contributed by atoms with Crippen molar-refractivity contribution in [3.05, 3.63) is 18.2 Å². The second-order valence-electron chi connectivity index (χ2n) is 6.11. The van der Waals surface area contributed by atoms with Crippen LogP contribution in [0.25, 0.3) is 0 Å². The predicted molar refractivity (Wildman–Crippen MR) is 83.4 cm³/mol. The van der Waals surface area contributed by atoms with E-state index >= 15 is 0 Å². The van der Waals surface area contributed by atoms with Crippen molar-refractivity contribution in [2.75, 3.05) is 31.2 Å². The predicted octanol–water partition coefficient (Wildman–Crippen LogP) is 2.09. The zero-order chi connectivity index (χ0) is 14.8. The Labute approximate surface area is 125 Å². The van der Waals surface area contributed by atoms with Crippen LogP contribution in [-0.2, 0) is 4.79 Å². The van der Waals surface area contributed by atoms with Crippen molar-refractivity contribution in [1.29, 1.82) is 0 Å². The Balaban J connectivity index is 1.57. The molecule has 0 radical (unpaired) electrons. The van der Waals surface area contributed by atoms with E-state index in [1.165, 1.54) is 25.7 Å². The second kappa shape index (κ2) is 5.93. The van der Waals surface area contributed by atoms with Gasteiger partial charge in [-0.05, 0) is 43.7 Å². The zero-order valence-corrected chi connectivity index (χ0v) is 12.5. The summed E-state index contributed by atoms with van der Waals surface area (Å²) in [6, 6.07) is 5.92. The number of benzene rings is 1. The van der Waals surface area contributed by atoms with Gasteiger partial charge in [-0.2, -0.15) is 0 Å². The molecule has 0 bridgehead atoms. The molecule has 0 spiro atoms. The number of nitrogens with one attached hydrogen (secondary N) is 1. The van der Waals surface area contributed by atoms with Gasteiger partial charge in [0.25, 0.3) is 0 Å². The molecule has 2 aliphatic carbocycles. The zero-order valence-electron chi connectivity index (χ0n) is 12.5. The molecule has 0 unspecified atom stereocenters. The van der Waals surface area contributed by atoms with Crippen LogP contribution in [0.15, 0.2) is 18.2 Å². The summed E-state index contributed by atoms with van der Waals surface area (Å²) >= 11 is 0. The Bertz CT molecular complexity index is 524. The standard InChI is InChI=1S/C16H23N3O2/c1-21-13-6-7-15(14(17)8-13)18-16(20)10-19(12-4-5-12)9-11-2-3-11/h6-8,11-12H,2-5,9-10,17H2,1H3,(H,18,20). The molecule has 114 valence electrons. The summed E-state index contributed by atoms with van der Waals surface area (Å²) in [7, 11) is 1.60. The number of carbonyl (C=O) groups is 1. The number of nitrogens with zero attached hydrogens (tertiary/aromatic N) is 1. The molecule has 0 saturated heterocycles. The number of methoxy groups -OCH3 is 1. The summed E-state index contributed by atoms with van der Waals surface area (Å²) in [6.07, 6.45) is 5.09. The molecule has 3 rings (SSSR count). The second-order valence-corrected chi connectivity index (χ2v) is 6.11. The number of ether oxygens (including phenoxy) is 1. The lowest BCUT2D eigenvalue weighted by molar-refractivity contribution is -0.117. The maximum atomic E-state index is 12.2. The highest BCUT2D eigenvalue weighted by molar-refractivity contribution is 5.95. The van der Waals surface area contributed by atoms with Gasteiger partial charge < -0.3 is 15.8 Å². The van der Waals surface area contributed by atoms with Gasteiger partial charge in [0.2, 0.25) is 5.91 Å². The highest BCUT2D eigenvalue weighted by Crippen LogP contribution is 2.34. The third-order valence-corrected chi connectivity index (χ3v) is 4.13. The van der Waals surface area contributed by atoms with Crippen LogP contribution in [0.2, 0.25) is 0 Å². The van der Waals surface area contributed by atoms with Gasteiger partial charge in [0, 0.05) is 18.7 Å². The summed E-state index contributed by atoms with van der Waals surface area (Å²) in [5.74, 6) is 1.52. The van der Waals surface area contributed by atoms with E-state index in [1.807, 2.05) is 0 Å². The number of rotatable bonds is 7. The third-order valence-electron chi connectivity index (χ3n) is 4.13. The average Bonchev–Trinajstić information content (AvgIpc) is 3.33. The lowest BCUT2D eigenvalue weighted by atomic mass is 10.2. The molecular weight excluding hydrogens is 266 g/mol. The van der Waals surface area contributed by atoms with Crippen LogP contribution in [0, 0.1) is 5.92 Å². The van der Waals surface area contributed by atoms with E-state index in [0.717, 1.165) is 12.5 Å². The fraction of sp³-hybridized carbons (Fsp3) is 0.562. The first-order chi connectivity index (χ1) is 10.2. The minimum atomic E-state index is 0.0133. The van der Waals surface area contributed by atoms with E-state index in [2.05, 4.69) is 10.2 Å². The highest BCUT2D eigenvalue weighted by atomic mass is 16.5. The number of carbonyl (C=O) groups excluding carboxylic acids is 1. The van der Waals surface area contributed by atoms with Gasteiger partial charge in [0.15, 0.2) is 0 Å². The first kappa shape index (κ1) is 14.2. The number of hydrogen-bond acceptors (Lipinski definition) is 4. The molecule has 5 heteroatoms. The summed E-state index contributed by atoms with van der Waals surface area (Å²) in [6.45, 7) is 1.53.